The second-order valence-corrected chi connectivity index (χ2v) is 6.27. The maximum atomic E-state index is 12.9. The van der Waals surface area contributed by atoms with Gasteiger partial charge in [-0.05, 0) is 29.8 Å². The number of aromatic nitrogens is 3. The van der Waals surface area contributed by atoms with Gasteiger partial charge in [-0.15, -0.1) is 0 Å². The number of fused-ring (bicyclic) bond motifs is 1. The van der Waals surface area contributed by atoms with Gasteiger partial charge in [0.1, 0.15) is 11.2 Å². The molecule has 2 heterocycles. The fraction of sp³-hybridized carbons (Fsp3) is 0.0909. The molecular formula is C22H17N3O3. The molecule has 0 bridgehead atoms. The van der Waals surface area contributed by atoms with Gasteiger partial charge in [0.25, 0.3) is 5.56 Å². The van der Waals surface area contributed by atoms with Crippen LogP contribution in [0, 0.1) is 0 Å². The number of pyridine rings is 1. The summed E-state index contributed by atoms with van der Waals surface area (Å²) in [4.78, 5) is 29.2. The zero-order chi connectivity index (χ0) is 19.5. The predicted octanol–water partition coefficient (Wildman–Crippen LogP) is 3.29. The lowest BCUT2D eigenvalue weighted by atomic mass is 10.1. The summed E-state index contributed by atoms with van der Waals surface area (Å²) in [6, 6.07) is 20.1. The van der Waals surface area contributed by atoms with Gasteiger partial charge in [0, 0.05) is 11.8 Å². The first-order valence-electron chi connectivity index (χ1n) is 8.76. The molecule has 0 spiro atoms. The molecule has 0 radical (unpaired) electrons. The van der Waals surface area contributed by atoms with Crippen LogP contribution in [0.1, 0.15) is 15.9 Å². The largest absolute Gasteiger partial charge is 0.465 e. The van der Waals surface area contributed by atoms with Crippen molar-refractivity contribution in [3.8, 4) is 11.3 Å². The van der Waals surface area contributed by atoms with Gasteiger partial charge < -0.3 is 4.74 Å². The van der Waals surface area contributed by atoms with E-state index in [0.717, 1.165) is 5.56 Å². The molecule has 28 heavy (non-hydrogen) atoms. The molecule has 0 aliphatic carbocycles. The first-order chi connectivity index (χ1) is 13.7. The quantitative estimate of drug-likeness (QED) is 0.515. The monoisotopic (exact) mass is 371 g/mol. The van der Waals surface area contributed by atoms with E-state index < -0.39 is 5.97 Å². The van der Waals surface area contributed by atoms with E-state index >= 15 is 0 Å². The molecule has 0 aliphatic heterocycles. The van der Waals surface area contributed by atoms with Gasteiger partial charge in [-0.25, -0.2) is 9.48 Å². The third-order valence-corrected chi connectivity index (χ3v) is 4.45. The number of rotatable bonds is 4. The third-order valence-electron chi connectivity index (χ3n) is 4.45. The van der Waals surface area contributed by atoms with Gasteiger partial charge in [0.15, 0.2) is 0 Å². The van der Waals surface area contributed by atoms with Crippen molar-refractivity contribution in [3.05, 3.63) is 94.4 Å². The van der Waals surface area contributed by atoms with Crippen LogP contribution in [0.3, 0.4) is 0 Å². The Morgan fingerprint density at radius 3 is 2.64 bits per heavy atom. The van der Waals surface area contributed by atoms with E-state index in [9.17, 15) is 9.59 Å². The normalized spacial score (nSPS) is 10.8. The standard InChI is InChI=1S/C22H17N3O3/c1-28-22(27)17-10-5-9-16(13-17)19-20-18(11-6-12-23-20)21(26)25(24-19)14-15-7-3-2-4-8-15/h2-13H,14H2,1H3. The van der Waals surface area contributed by atoms with Gasteiger partial charge in [0.2, 0.25) is 0 Å². The van der Waals surface area contributed by atoms with Crippen molar-refractivity contribution in [2.24, 2.45) is 0 Å². The molecule has 138 valence electrons. The van der Waals surface area contributed by atoms with Crippen LogP contribution in [-0.2, 0) is 11.3 Å². The molecule has 0 saturated carbocycles. The maximum absolute atomic E-state index is 12.9. The molecule has 0 N–H and O–H groups in total. The average Bonchev–Trinajstić information content (AvgIpc) is 2.76. The maximum Gasteiger partial charge on any atom is 0.337 e. The van der Waals surface area contributed by atoms with Gasteiger partial charge >= 0.3 is 5.97 Å². The molecule has 4 rings (SSSR count). The second-order valence-electron chi connectivity index (χ2n) is 6.27. The van der Waals surface area contributed by atoms with Crippen LogP contribution in [-0.4, -0.2) is 27.8 Å². The number of ether oxygens (including phenoxy) is 1. The zero-order valence-corrected chi connectivity index (χ0v) is 15.2. The van der Waals surface area contributed by atoms with Gasteiger partial charge in [-0.3, -0.25) is 9.78 Å². The molecule has 6 heteroatoms. The minimum Gasteiger partial charge on any atom is -0.465 e. The highest BCUT2D eigenvalue weighted by Gasteiger charge is 2.15. The molecule has 4 aromatic rings. The van der Waals surface area contributed by atoms with Crippen molar-refractivity contribution in [2.45, 2.75) is 6.54 Å². The van der Waals surface area contributed by atoms with Crippen molar-refractivity contribution in [1.82, 2.24) is 14.8 Å². The van der Waals surface area contributed by atoms with Crippen molar-refractivity contribution in [3.63, 3.8) is 0 Å². The second kappa shape index (κ2) is 7.44. The zero-order valence-electron chi connectivity index (χ0n) is 15.2. The molecule has 0 aliphatic rings. The fourth-order valence-electron chi connectivity index (χ4n) is 3.09. The number of methoxy groups -OCH3 is 1. The van der Waals surface area contributed by atoms with Crippen LogP contribution in [0.15, 0.2) is 77.7 Å². The summed E-state index contributed by atoms with van der Waals surface area (Å²) < 4.78 is 6.24. The Labute approximate surface area is 161 Å². The summed E-state index contributed by atoms with van der Waals surface area (Å²) in [6.45, 7) is 0.341. The summed E-state index contributed by atoms with van der Waals surface area (Å²) in [5.41, 5.74) is 2.89. The van der Waals surface area contributed by atoms with E-state index in [-0.39, 0.29) is 5.56 Å². The summed E-state index contributed by atoms with van der Waals surface area (Å²) in [5.74, 6) is -0.434. The van der Waals surface area contributed by atoms with Gasteiger partial charge in [0.05, 0.1) is 24.6 Å². The Balaban J connectivity index is 1.92. The Morgan fingerprint density at radius 2 is 1.86 bits per heavy atom. The SMILES string of the molecule is COC(=O)c1cccc(-c2nn(Cc3ccccc3)c(=O)c3cccnc23)c1. The number of carbonyl (C=O) groups is 1. The molecule has 0 amide bonds. The Morgan fingerprint density at radius 1 is 1.04 bits per heavy atom. The number of hydrogen-bond donors (Lipinski definition) is 0. The van der Waals surface area contributed by atoms with E-state index in [1.807, 2.05) is 36.4 Å². The van der Waals surface area contributed by atoms with Gasteiger partial charge in [-0.2, -0.15) is 5.10 Å². The van der Waals surface area contributed by atoms with E-state index in [4.69, 9.17) is 4.74 Å². The average molecular weight is 371 g/mol. The van der Waals surface area contributed by atoms with E-state index in [1.54, 1.807) is 36.5 Å². The molecular weight excluding hydrogens is 354 g/mol. The van der Waals surface area contributed by atoms with Crippen LogP contribution < -0.4 is 5.56 Å². The van der Waals surface area contributed by atoms with Crippen LogP contribution in [0.25, 0.3) is 22.2 Å². The fourth-order valence-corrected chi connectivity index (χ4v) is 3.09. The Hall–Kier alpha value is -3.80. The summed E-state index contributed by atoms with van der Waals surface area (Å²) in [5, 5.41) is 5.06. The lowest BCUT2D eigenvalue weighted by Crippen LogP contribution is -2.24. The third kappa shape index (κ3) is 3.27. The van der Waals surface area contributed by atoms with Crippen molar-refractivity contribution < 1.29 is 9.53 Å². The highest BCUT2D eigenvalue weighted by molar-refractivity contribution is 5.94. The van der Waals surface area contributed by atoms with E-state index in [2.05, 4.69) is 10.1 Å². The Bertz CT molecular complexity index is 1220. The number of nitrogens with zero attached hydrogens (tertiary/aromatic N) is 3. The van der Waals surface area contributed by atoms with Crippen LogP contribution in [0.4, 0.5) is 0 Å². The molecule has 0 atom stereocenters. The lowest BCUT2D eigenvalue weighted by molar-refractivity contribution is 0.0601. The number of esters is 1. The number of carbonyl (C=O) groups excluding carboxylic acids is 1. The van der Waals surface area contributed by atoms with E-state index in [1.165, 1.54) is 11.8 Å². The highest BCUT2D eigenvalue weighted by atomic mass is 16.5. The predicted molar refractivity (Wildman–Crippen MR) is 106 cm³/mol. The van der Waals surface area contributed by atoms with Crippen LogP contribution in [0.2, 0.25) is 0 Å². The van der Waals surface area contributed by atoms with Gasteiger partial charge in [-0.1, -0.05) is 42.5 Å². The molecule has 0 unspecified atom stereocenters. The summed E-state index contributed by atoms with van der Waals surface area (Å²) in [6.07, 6.45) is 1.62. The smallest absolute Gasteiger partial charge is 0.337 e. The molecule has 6 nitrogen and oxygen atoms in total. The minimum absolute atomic E-state index is 0.208. The summed E-state index contributed by atoms with van der Waals surface area (Å²) >= 11 is 0. The van der Waals surface area contributed by atoms with E-state index in [0.29, 0.717) is 34.3 Å². The van der Waals surface area contributed by atoms with Crippen molar-refractivity contribution >= 4 is 16.9 Å². The molecule has 2 aromatic heterocycles. The van der Waals surface area contributed by atoms with Crippen molar-refractivity contribution in [1.29, 1.82) is 0 Å². The topological polar surface area (TPSA) is 74.1 Å². The lowest BCUT2D eigenvalue weighted by Gasteiger charge is -2.11. The van der Waals surface area contributed by atoms with Crippen molar-refractivity contribution in [2.75, 3.05) is 7.11 Å². The van der Waals surface area contributed by atoms with Crippen LogP contribution in [0.5, 0.6) is 0 Å². The molecule has 2 aromatic carbocycles. The molecule has 0 saturated heterocycles. The number of hydrogen-bond acceptors (Lipinski definition) is 5. The minimum atomic E-state index is -0.434. The summed E-state index contributed by atoms with van der Waals surface area (Å²) in [7, 11) is 1.34. The number of benzene rings is 2. The first kappa shape index (κ1) is 17.6. The van der Waals surface area contributed by atoms with Crippen LogP contribution >= 0.6 is 0 Å². The highest BCUT2D eigenvalue weighted by Crippen LogP contribution is 2.24. The first-order valence-corrected chi connectivity index (χ1v) is 8.76. The molecule has 0 fully saturated rings. The Kier molecular flexibility index (Phi) is 4.68.